The second-order valence-electron chi connectivity index (χ2n) is 5.73. The average molecular weight is 265 g/mol. The highest BCUT2D eigenvalue weighted by molar-refractivity contribution is 5.78. The lowest BCUT2D eigenvalue weighted by Gasteiger charge is -2.23. The minimum absolute atomic E-state index is 0.00898. The number of nitrogens with one attached hydrogen (secondary N) is 1. The number of allylic oxidation sites excluding steroid dienone is 2. The molecule has 2 aliphatic rings. The van der Waals surface area contributed by atoms with Crippen molar-refractivity contribution in [1.29, 1.82) is 0 Å². The first-order chi connectivity index (χ1) is 9.16. The van der Waals surface area contributed by atoms with Gasteiger partial charge in [0.25, 0.3) is 0 Å². The highest BCUT2D eigenvalue weighted by Crippen LogP contribution is 2.25. The summed E-state index contributed by atoms with van der Waals surface area (Å²) in [7, 11) is 0. The van der Waals surface area contributed by atoms with Gasteiger partial charge in [0.15, 0.2) is 0 Å². The van der Waals surface area contributed by atoms with Gasteiger partial charge in [-0.05, 0) is 31.6 Å². The number of carboxylic acid groups (broad SMARTS) is 1. The number of hydrogen-bond acceptors (Lipinski definition) is 2. The maximum Gasteiger partial charge on any atom is 0.308 e. The van der Waals surface area contributed by atoms with Crippen molar-refractivity contribution in [2.75, 3.05) is 0 Å². The number of aliphatic carboxylic acids is 1. The van der Waals surface area contributed by atoms with Crippen LogP contribution in [-0.2, 0) is 9.59 Å². The van der Waals surface area contributed by atoms with Gasteiger partial charge in [0.05, 0.1) is 5.92 Å². The zero-order chi connectivity index (χ0) is 13.7. The van der Waals surface area contributed by atoms with E-state index in [9.17, 15) is 14.7 Å². The van der Waals surface area contributed by atoms with Crippen LogP contribution in [0.5, 0.6) is 0 Å². The number of amides is 1. The molecule has 1 unspecified atom stereocenters. The molecular formula is C15H23NO3. The van der Waals surface area contributed by atoms with Gasteiger partial charge >= 0.3 is 5.97 Å². The molecule has 2 N–H and O–H groups in total. The molecule has 1 saturated carbocycles. The van der Waals surface area contributed by atoms with Crippen molar-refractivity contribution in [1.82, 2.24) is 5.32 Å². The van der Waals surface area contributed by atoms with Crippen molar-refractivity contribution in [3.05, 3.63) is 12.2 Å². The summed E-state index contributed by atoms with van der Waals surface area (Å²) in [5, 5.41) is 12.2. The van der Waals surface area contributed by atoms with Gasteiger partial charge in [-0.25, -0.2) is 0 Å². The number of rotatable bonds is 4. The Kier molecular flexibility index (Phi) is 5.00. The molecule has 0 aromatic heterocycles. The van der Waals surface area contributed by atoms with Crippen LogP contribution >= 0.6 is 0 Å². The zero-order valence-corrected chi connectivity index (χ0v) is 11.3. The molecule has 0 bridgehead atoms. The third kappa shape index (κ3) is 4.08. The molecule has 0 spiro atoms. The minimum atomic E-state index is -0.770. The van der Waals surface area contributed by atoms with Gasteiger partial charge in [0, 0.05) is 12.5 Å². The molecule has 0 saturated heterocycles. The zero-order valence-electron chi connectivity index (χ0n) is 11.3. The van der Waals surface area contributed by atoms with E-state index in [1.807, 2.05) is 0 Å². The molecule has 0 aliphatic heterocycles. The number of carbonyl (C=O) groups excluding carboxylic acids is 1. The van der Waals surface area contributed by atoms with Crippen LogP contribution in [0, 0.1) is 11.8 Å². The Hall–Kier alpha value is -1.32. The number of carboxylic acids is 1. The van der Waals surface area contributed by atoms with Crippen LogP contribution in [0.3, 0.4) is 0 Å². The predicted molar refractivity (Wildman–Crippen MR) is 72.6 cm³/mol. The Morgan fingerprint density at radius 1 is 1.16 bits per heavy atom. The SMILES string of the molecule is O=C(CC1C=CCC1)N[C@H]1CCCCC[C@H]1C(=O)O. The summed E-state index contributed by atoms with van der Waals surface area (Å²) < 4.78 is 0. The summed E-state index contributed by atoms with van der Waals surface area (Å²) in [6.45, 7) is 0. The fraction of sp³-hybridized carbons (Fsp3) is 0.733. The van der Waals surface area contributed by atoms with Crippen LogP contribution in [0.4, 0.5) is 0 Å². The predicted octanol–water partition coefficient (Wildman–Crippen LogP) is 2.49. The summed E-state index contributed by atoms with van der Waals surface area (Å²) in [4.78, 5) is 23.3. The molecule has 106 valence electrons. The fourth-order valence-corrected chi connectivity index (χ4v) is 3.15. The van der Waals surface area contributed by atoms with Gasteiger partial charge in [0.1, 0.15) is 0 Å². The number of hydrogen-bond donors (Lipinski definition) is 2. The van der Waals surface area contributed by atoms with Crippen molar-refractivity contribution in [2.45, 2.75) is 57.4 Å². The lowest BCUT2D eigenvalue weighted by atomic mass is 9.94. The highest BCUT2D eigenvalue weighted by Gasteiger charge is 2.30. The average Bonchev–Trinajstić information content (AvgIpc) is 2.73. The summed E-state index contributed by atoms with van der Waals surface area (Å²) in [6, 6.07) is -0.183. The van der Waals surface area contributed by atoms with Crippen molar-refractivity contribution in [3.63, 3.8) is 0 Å². The highest BCUT2D eigenvalue weighted by atomic mass is 16.4. The largest absolute Gasteiger partial charge is 0.481 e. The lowest BCUT2D eigenvalue weighted by Crippen LogP contribution is -2.43. The van der Waals surface area contributed by atoms with Crippen LogP contribution in [0.15, 0.2) is 12.2 Å². The smallest absolute Gasteiger partial charge is 0.308 e. The summed E-state index contributed by atoms with van der Waals surface area (Å²) in [5.74, 6) is -0.831. The first-order valence-corrected chi connectivity index (χ1v) is 7.35. The van der Waals surface area contributed by atoms with E-state index in [2.05, 4.69) is 17.5 Å². The van der Waals surface area contributed by atoms with E-state index < -0.39 is 11.9 Å². The van der Waals surface area contributed by atoms with Gasteiger partial charge in [-0.3, -0.25) is 9.59 Å². The molecule has 4 nitrogen and oxygen atoms in total. The molecule has 1 fully saturated rings. The topological polar surface area (TPSA) is 66.4 Å². The molecule has 4 heteroatoms. The van der Waals surface area contributed by atoms with Crippen molar-refractivity contribution in [3.8, 4) is 0 Å². The van der Waals surface area contributed by atoms with Crippen LogP contribution in [0.2, 0.25) is 0 Å². The second-order valence-corrected chi connectivity index (χ2v) is 5.73. The van der Waals surface area contributed by atoms with E-state index in [1.165, 1.54) is 0 Å². The van der Waals surface area contributed by atoms with Gasteiger partial charge < -0.3 is 10.4 Å². The Morgan fingerprint density at radius 2 is 1.95 bits per heavy atom. The van der Waals surface area contributed by atoms with Gasteiger partial charge in [-0.15, -0.1) is 0 Å². The Balaban J connectivity index is 1.88. The molecule has 0 heterocycles. The van der Waals surface area contributed by atoms with Gasteiger partial charge in [-0.1, -0.05) is 31.4 Å². The van der Waals surface area contributed by atoms with Crippen LogP contribution < -0.4 is 5.32 Å². The van der Waals surface area contributed by atoms with E-state index in [0.717, 1.165) is 38.5 Å². The molecule has 0 aromatic carbocycles. The van der Waals surface area contributed by atoms with E-state index in [0.29, 0.717) is 18.8 Å². The van der Waals surface area contributed by atoms with Crippen molar-refractivity contribution >= 4 is 11.9 Å². The van der Waals surface area contributed by atoms with Gasteiger partial charge in [-0.2, -0.15) is 0 Å². The molecule has 3 atom stereocenters. The Labute approximate surface area is 114 Å². The van der Waals surface area contributed by atoms with Gasteiger partial charge in [0.2, 0.25) is 5.91 Å². The van der Waals surface area contributed by atoms with E-state index in [1.54, 1.807) is 0 Å². The molecule has 19 heavy (non-hydrogen) atoms. The van der Waals surface area contributed by atoms with Crippen molar-refractivity contribution in [2.24, 2.45) is 11.8 Å². The maximum atomic E-state index is 12.0. The molecule has 0 aromatic rings. The second kappa shape index (κ2) is 6.73. The molecule has 0 radical (unpaired) electrons. The number of carbonyl (C=O) groups is 2. The molecular weight excluding hydrogens is 242 g/mol. The Bertz CT molecular complexity index is 364. The molecule has 2 aliphatic carbocycles. The van der Waals surface area contributed by atoms with Crippen LogP contribution in [-0.4, -0.2) is 23.0 Å². The third-order valence-electron chi connectivity index (χ3n) is 4.24. The van der Waals surface area contributed by atoms with Crippen LogP contribution in [0.1, 0.15) is 51.4 Å². The van der Waals surface area contributed by atoms with Crippen LogP contribution in [0.25, 0.3) is 0 Å². The van der Waals surface area contributed by atoms with E-state index in [-0.39, 0.29) is 11.9 Å². The van der Waals surface area contributed by atoms with Crippen molar-refractivity contribution < 1.29 is 14.7 Å². The Morgan fingerprint density at radius 3 is 2.63 bits per heavy atom. The van der Waals surface area contributed by atoms with E-state index >= 15 is 0 Å². The fourth-order valence-electron chi connectivity index (χ4n) is 3.15. The maximum absolute atomic E-state index is 12.0. The first kappa shape index (κ1) is 14.1. The summed E-state index contributed by atoms with van der Waals surface area (Å²) >= 11 is 0. The quantitative estimate of drug-likeness (QED) is 0.606. The standard InChI is InChI=1S/C15H23NO3/c17-14(10-11-6-4-5-7-11)16-13-9-3-1-2-8-12(13)15(18)19/h4,6,11-13H,1-3,5,7-10H2,(H,16,17)(H,18,19)/t11?,12-,13+/m1/s1. The summed E-state index contributed by atoms with van der Waals surface area (Å²) in [5.41, 5.74) is 0. The van der Waals surface area contributed by atoms with E-state index in [4.69, 9.17) is 0 Å². The monoisotopic (exact) mass is 265 g/mol. The lowest BCUT2D eigenvalue weighted by molar-refractivity contribution is -0.143. The third-order valence-corrected chi connectivity index (χ3v) is 4.24. The molecule has 1 amide bonds. The molecule has 2 rings (SSSR count). The first-order valence-electron chi connectivity index (χ1n) is 7.35. The minimum Gasteiger partial charge on any atom is -0.481 e. The normalized spacial score (nSPS) is 30.8. The summed E-state index contributed by atoms with van der Waals surface area (Å²) in [6.07, 6.45) is 11.3.